The first kappa shape index (κ1) is 16.5. The number of benzene rings is 1. The number of hydrogen-bond donors (Lipinski definition) is 2. The predicted molar refractivity (Wildman–Crippen MR) is 81.8 cm³/mol. The van der Waals surface area contributed by atoms with Crippen molar-refractivity contribution in [2.75, 3.05) is 18.1 Å². The Morgan fingerprint density at radius 1 is 1.27 bits per heavy atom. The summed E-state index contributed by atoms with van der Waals surface area (Å²) >= 11 is 0. The summed E-state index contributed by atoms with van der Waals surface area (Å²) in [5, 5.41) is 11.8. The molecule has 0 bridgehead atoms. The third-order valence-corrected chi connectivity index (χ3v) is 5.67. The molecule has 6 nitrogen and oxygen atoms in total. The van der Waals surface area contributed by atoms with Gasteiger partial charge in [0.1, 0.15) is 9.84 Å². The lowest BCUT2D eigenvalue weighted by Gasteiger charge is -2.22. The second-order valence-electron chi connectivity index (χ2n) is 5.64. The van der Waals surface area contributed by atoms with Crippen molar-refractivity contribution in [2.24, 2.45) is 5.92 Å². The molecule has 0 spiro atoms. The van der Waals surface area contributed by atoms with Crippen molar-refractivity contribution in [3.63, 3.8) is 0 Å². The molecule has 0 atom stereocenters. The monoisotopic (exact) mass is 325 g/mol. The molecule has 1 heterocycles. The van der Waals surface area contributed by atoms with Crippen LogP contribution in [0.5, 0.6) is 0 Å². The van der Waals surface area contributed by atoms with Crippen molar-refractivity contribution in [1.29, 1.82) is 0 Å². The molecule has 7 heteroatoms. The molecule has 0 aromatic heterocycles. The maximum Gasteiger partial charge on any atom is 0.335 e. The van der Waals surface area contributed by atoms with Crippen molar-refractivity contribution >= 4 is 21.7 Å². The molecule has 1 aliphatic heterocycles. The molecule has 1 saturated heterocycles. The van der Waals surface area contributed by atoms with Gasteiger partial charge >= 0.3 is 5.97 Å². The highest BCUT2D eigenvalue weighted by Crippen LogP contribution is 2.18. The zero-order valence-electron chi connectivity index (χ0n) is 12.3. The van der Waals surface area contributed by atoms with E-state index in [1.807, 2.05) is 0 Å². The third kappa shape index (κ3) is 4.07. The highest BCUT2D eigenvalue weighted by Gasteiger charge is 2.24. The number of aromatic carboxylic acids is 1. The van der Waals surface area contributed by atoms with E-state index in [-0.39, 0.29) is 28.9 Å². The van der Waals surface area contributed by atoms with Gasteiger partial charge in [-0.05, 0) is 43.4 Å². The summed E-state index contributed by atoms with van der Waals surface area (Å²) in [6.07, 6.45) is 1.10. The first-order valence-electron chi connectivity index (χ1n) is 7.11. The van der Waals surface area contributed by atoms with Gasteiger partial charge in [-0.3, -0.25) is 4.79 Å². The Labute approximate surface area is 129 Å². The number of rotatable bonds is 4. The smallest absolute Gasteiger partial charge is 0.335 e. The van der Waals surface area contributed by atoms with Gasteiger partial charge in [0.25, 0.3) is 5.91 Å². The number of carbonyl (C=O) groups excluding carboxylic acids is 1. The van der Waals surface area contributed by atoms with E-state index in [0.29, 0.717) is 30.5 Å². The largest absolute Gasteiger partial charge is 0.478 e. The summed E-state index contributed by atoms with van der Waals surface area (Å²) in [5.41, 5.74) is 1.00. The molecule has 1 aromatic carbocycles. The Morgan fingerprint density at radius 2 is 1.91 bits per heavy atom. The van der Waals surface area contributed by atoms with E-state index in [0.717, 1.165) is 0 Å². The van der Waals surface area contributed by atoms with E-state index in [9.17, 15) is 18.0 Å². The van der Waals surface area contributed by atoms with E-state index >= 15 is 0 Å². The number of carboxylic acids is 1. The molecule has 1 fully saturated rings. The van der Waals surface area contributed by atoms with Gasteiger partial charge in [-0.25, -0.2) is 13.2 Å². The lowest BCUT2D eigenvalue weighted by atomic mass is 10.0. The van der Waals surface area contributed by atoms with Gasteiger partial charge < -0.3 is 10.4 Å². The van der Waals surface area contributed by atoms with Crippen LogP contribution in [-0.4, -0.2) is 43.5 Å². The summed E-state index contributed by atoms with van der Waals surface area (Å²) in [7, 11) is -2.90. The number of nitrogens with one attached hydrogen (secondary N) is 1. The van der Waals surface area contributed by atoms with Crippen molar-refractivity contribution in [1.82, 2.24) is 5.32 Å². The maximum absolute atomic E-state index is 12.1. The van der Waals surface area contributed by atoms with Crippen LogP contribution in [0.1, 0.15) is 39.1 Å². The van der Waals surface area contributed by atoms with Crippen LogP contribution in [-0.2, 0) is 9.84 Å². The van der Waals surface area contributed by atoms with Crippen LogP contribution in [0.25, 0.3) is 0 Å². The van der Waals surface area contributed by atoms with Crippen LogP contribution in [0.3, 0.4) is 0 Å². The van der Waals surface area contributed by atoms with E-state index in [1.165, 1.54) is 6.07 Å². The fourth-order valence-corrected chi connectivity index (χ4v) is 4.06. The molecule has 1 amide bonds. The minimum Gasteiger partial charge on any atom is -0.478 e. The number of sulfone groups is 1. The number of carboxylic acid groups (broad SMARTS) is 1. The summed E-state index contributed by atoms with van der Waals surface area (Å²) in [4.78, 5) is 23.2. The summed E-state index contributed by atoms with van der Waals surface area (Å²) in [6.45, 7) is 2.08. The molecule has 1 aromatic rings. The van der Waals surface area contributed by atoms with Gasteiger partial charge in [0.15, 0.2) is 0 Å². The van der Waals surface area contributed by atoms with Crippen molar-refractivity contribution < 1.29 is 23.1 Å². The van der Waals surface area contributed by atoms with Gasteiger partial charge in [-0.2, -0.15) is 0 Å². The van der Waals surface area contributed by atoms with E-state index in [2.05, 4.69) is 5.32 Å². The minimum absolute atomic E-state index is 0.108. The molecule has 0 unspecified atom stereocenters. The van der Waals surface area contributed by atoms with Gasteiger partial charge in [0, 0.05) is 12.1 Å². The van der Waals surface area contributed by atoms with Crippen LogP contribution in [0, 0.1) is 12.8 Å². The van der Waals surface area contributed by atoms with Crippen LogP contribution in [0.2, 0.25) is 0 Å². The lowest BCUT2D eigenvalue weighted by molar-refractivity contribution is 0.0696. The van der Waals surface area contributed by atoms with Crippen LogP contribution >= 0.6 is 0 Å². The SMILES string of the molecule is Cc1ccc(C(=O)NCC2CCS(=O)(=O)CC2)cc1C(=O)O. The molecule has 0 saturated carbocycles. The maximum atomic E-state index is 12.1. The molecule has 120 valence electrons. The number of hydrogen-bond acceptors (Lipinski definition) is 4. The second kappa shape index (κ2) is 6.48. The molecule has 0 radical (unpaired) electrons. The Hall–Kier alpha value is -1.89. The number of carbonyl (C=O) groups is 2. The Kier molecular flexibility index (Phi) is 4.85. The zero-order valence-corrected chi connectivity index (χ0v) is 13.1. The molecule has 0 aliphatic carbocycles. The Morgan fingerprint density at radius 3 is 2.50 bits per heavy atom. The van der Waals surface area contributed by atoms with Gasteiger partial charge in [0.2, 0.25) is 0 Å². The van der Waals surface area contributed by atoms with E-state index in [4.69, 9.17) is 5.11 Å². The van der Waals surface area contributed by atoms with Crippen LogP contribution in [0.4, 0.5) is 0 Å². The molecule has 2 N–H and O–H groups in total. The first-order chi connectivity index (χ1) is 10.3. The topological polar surface area (TPSA) is 101 Å². The van der Waals surface area contributed by atoms with Crippen LogP contribution in [0.15, 0.2) is 18.2 Å². The van der Waals surface area contributed by atoms with E-state index < -0.39 is 15.8 Å². The highest BCUT2D eigenvalue weighted by atomic mass is 32.2. The van der Waals surface area contributed by atoms with Gasteiger partial charge in [0.05, 0.1) is 17.1 Å². The molecular weight excluding hydrogens is 306 g/mol. The highest BCUT2D eigenvalue weighted by molar-refractivity contribution is 7.91. The summed E-state index contributed by atoms with van der Waals surface area (Å²) < 4.78 is 22.7. The number of amides is 1. The zero-order chi connectivity index (χ0) is 16.3. The van der Waals surface area contributed by atoms with Crippen molar-refractivity contribution in [2.45, 2.75) is 19.8 Å². The molecule has 22 heavy (non-hydrogen) atoms. The minimum atomic E-state index is -2.90. The van der Waals surface area contributed by atoms with Gasteiger partial charge in [-0.1, -0.05) is 6.07 Å². The third-order valence-electron chi connectivity index (χ3n) is 3.96. The van der Waals surface area contributed by atoms with Crippen molar-refractivity contribution in [3.8, 4) is 0 Å². The lowest BCUT2D eigenvalue weighted by Crippen LogP contribution is -2.34. The van der Waals surface area contributed by atoms with Gasteiger partial charge in [-0.15, -0.1) is 0 Å². The number of aryl methyl sites for hydroxylation is 1. The van der Waals surface area contributed by atoms with E-state index in [1.54, 1.807) is 19.1 Å². The fraction of sp³-hybridized carbons (Fsp3) is 0.467. The summed E-state index contributed by atoms with van der Waals surface area (Å²) in [5.74, 6) is -0.917. The molecule has 2 rings (SSSR count). The average Bonchev–Trinajstić information content (AvgIpc) is 2.46. The molecular formula is C15H19NO5S. The fourth-order valence-electron chi connectivity index (χ4n) is 2.48. The van der Waals surface area contributed by atoms with Crippen LogP contribution < -0.4 is 5.32 Å². The predicted octanol–water partition coefficient (Wildman–Crippen LogP) is 1.25. The second-order valence-corrected chi connectivity index (χ2v) is 7.94. The Bertz CT molecular complexity index is 682. The Balaban J connectivity index is 1.96. The average molecular weight is 325 g/mol. The molecule has 1 aliphatic rings. The standard InChI is InChI=1S/C15H19NO5S/c1-10-2-3-12(8-13(10)15(18)19)14(17)16-9-11-4-6-22(20,21)7-5-11/h2-3,8,11H,4-7,9H2,1H3,(H,16,17)(H,18,19). The normalized spacial score (nSPS) is 17.9. The quantitative estimate of drug-likeness (QED) is 0.867. The first-order valence-corrected chi connectivity index (χ1v) is 8.93. The summed E-state index contributed by atoms with van der Waals surface area (Å²) in [6, 6.07) is 4.55. The van der Waals surface area contributed by atoms with Crippen molar-refractivity contribution in [3.05, 3.63) is 34.9 Å².